The van der Waals surface area contributed by atoms with Crippen molar-refractivity contribution in [1.82, 2.24) is 5.32 Å². The molecule has 2 rings (SSSR count). The Bertz CT molecular complexity index is 880. The quantitative estimate of drug-likeness (QED) is 0.477. The summed E-state index contributed by atoms with van der Waals surface area (Å²) in [6.45, 7) is 6.21. The summed E-state index contributed by atoms with van der Waals surface area (Å²) >= 11 is 0. The number of amides is 2. The highest BCUT2D eigenvalue weighted by Crippen LogP contribution is 2.21. The summed E-state index contributed by atoms with van der Waals surface area (Å²) in [6.07, 6.45) is 0. The first-order valence-corrected chi connectivity index (χ1v) is 8.94. The molecule has 2 aromatic carbocycles. The highest BCUT2D eigenvalue weighted by Gasteiger charge is 2.13. The number of para-hydroxylation sites is 1. The maximum absolute atomic E-state index is 12.3. The van der Waals surface area contributed by atoms with Crippen LogP contribution in [-0.4, -0.2) is 29.8 Å². The van der Waals surface area contributed by atoms with Gasteiger partial charge >= 0.3 is 0 Å². The van der Waals surface area contributed by atoms with Gasteiger partial charge in [0, 0.05) is 30.1 Å². The highest BCUT2D eigenvalue weighted by atomic mass is 16.6. The third kappa shape index (κ3) is 5.80. The molecule has 8 heteroatoms. The predicted molar refractivity (Wildman–Crippen MR) is 109 cm³/mol. The molecule has 0 atom stereocenters. The van der Waals surface area contributed by atoms with Crippen LogP contribution in [0.15, 0.2) is 42.5 Å². The van der Waals surface area contributed by atoms with Crippen LogP contribution in [0.25, 0.3) is 0 Å². The largest absolute Gasteiger partial charge is 0.376 e. The lowest BCUT2D eigenvalue weighted by molar-refractivity contribution is -0.384. The van der Waals surface area contributed by atoms with Crippen LogP contribution < -0.4 is 16.0 Å². The van der Waals surface area contributed by atoms with Crippen molar-refractivity contribution in [1.29, 1.82) is 0 Å². The summed E-state index contributed by atoms with van der Waals surface area (Å²) in [7, 11) is 0. The van der Waals surface area contributed by atoms with Crippen LogP contribution in [0.2, 0.25) is 0 Å². The second-order valence-electron chi connectivity index (χ2n) is 6.81. The van der Waals surface area contributed by atoms with E-state index >= 15 is 0 Å². The Labute approximate surface area is 163 Å². The van der Waals surface area contributed by atoms with E-state index in [1.807, 2.05) is 13.8 Å². The summed E-state index contributed by atoms with van der Waals surface area (Å²) in [4.78, 5) is 34.9. The monoisotopic (exact) mass is 384 g/mol. The third-order valence-corrected chi connectivity index (χ3v) is 3.98. The van der Waals surface area contributed by atoms with Crippen molar-refractivity contribution in [2.45, 2.75) is 20.8 Å². The Morgan fingerprint density at radius 3 is 2.46 bits per heavy atom. The molecule has 2 aromatic rings. The van der Waals surface area contributed by atoms with Gasteiger partial charge in [0.05, 0.1) is 17.0 Å². The number of nitro groups is 1. The van der Waals surface area contributed by atoms with E-state index in [1.54, 1.807) is 31.2 Å². The number of hydrogen-bond donors (Lipinski definition) is 3. The van der Waals surface area contributed by atoms with Gasteiger partial charge in [0.1, 0.15) is 0 Å². The average molecular weight is 384 g/mol. The van der Waals surface area contributed by atoms with Gasteiger partial charge in [-0.05, 0) is 36.6 Å². The van der Waals surface area contributed by atoms with Crippen LogP contribution in [0.3, 0.4) is 0 Å². The smallest absolute Gasteiger partial charge is 0.269 e. The fraction of sp³-hybridized carbons (Fsp3) is 0.300. The Kier molecular flexibility index (Phi) is 7.08. The van der Waals surface area contributed by atoms with E-state index in [0.29, 0.717) is 35.0 Å². The van der Waals surface area contributed by atoms with E-state index in [0.717, 1.165) is 0 Å². The zero-order valence-corrected chi connectivity index (χ0v) is 16.1. The van der Waals surface area contributed by atoms with Crippen molar-refractivity contribution < 1.29 is 14.5 Å². The molecule has 0 bridgehead atoms. The molecule has 8 nitrogen and oxygen atoms in total. The number of nitrogens with zero attached hydrogens (tertiary/aromatic N) is 1. The summed E-state index contributed by atoms with van der Waals surface area (Å²) in [5.41, 5.74) is 2.08. The number of benzene rings is 2. The normalized spacial score (nSPS) is 10.4. The minimum Gasteiger partial charge on any atom is -0.376 e. The molecule has 0 saturated heterocycles. The van der Waals surface area contributed by atoms with Crippen LogP contribution in [0.1, 0.15) is 29.8 Å². The van der Waals surface area contributed by atoms with Crippen molar-refractivity contribution in [3.05, 3.63) is 63.7 Å². The fourth-order valence-corrected chi connectivity index (χ4v) is 2.50. The number of aryl methyl sites for hydroxylation is 1. The van der Waals surface area contributed by atoms with Gasteiger partial charge in [0.15, 0.2) is 0 Å². The number of rotatable bonds is 8. The lowest BCUT2D eigenvalue weighted by atomic mass is 10.1. The van der Waals surface area contributed by atoms with Gasteiger partial charge in [0.25, 0.3) is 11.6 Å². The van der Waals surface area contributed by atoms with Crippen LogP contribution in [-0.2, 0) is 4.79 Å². The zero-order chi connectivity index (χ0) is 20.7. The Hall–Kier alpha value is -3.42. The molecule has 0 spiro atoms. The lowest BCUT2D eigenvalue weighted by Gasteiger charge is -2.14. The SMILES string of the molecule is Cc1cc([N+](=O)[O-])ccc1NC(=O)CNc1ccccc1C(=O)NCC(C)C. The van der Waals surface area contributed by atoms with Crippen molar-refractivity contribution in [2.24, 2.45) is 5.92 Å². The van der Waals surface area contributed by atoms with Crippen LogP contribution in [0.4, 0.5) is 17.1 Å². The van der Waals surface area contributed by atoms with Gasteiger partial charge in [-0.2, -0.15) is 0 Å². The molecule has 148 valence electrons. The molecule has 0 saturated carbocycles. The molecule has 28 heavy (non-hydrogen) atoms. The number of carbonyl (C=O) groups excluding carboxylic acids is 2. The second kappa shape index (κ2) is 9.50. The topological polar surface area (TPSA) is 113 Å². The molecule has 0 aromatic heterocycles. The van der Waals surface area contributed by atoms with Crippen molar-refractivity contribution >= 4 is 28.9 Å². The summed E-state index contributed by atoms with van der Waals surface area (Å²) in [5, 5.41) is 19.3. The fourth-order valence-electron chi connectivity index (χ4n) is 2.50. The van der Waals surface area contributed by atoms with Crippen molar-refractivity contribution in [3.8, 4) is 0 Å². The van der Waals surface area contributed by atoms with Crippen molar-refractivity contribution in [2.75, 3.05) is 23.7 Å². The number of nitrogens with one attached hydrogen (secondary N) is 3. The molecule has 2 amide bonds. The Morgan fingerprint density at radius 1 is 1.11 bits per heavy atom. The van der Waals surface area contributed by atoms with E-state index in [2.05, 4.69) is 16.0 Å². The maximum atomic E-state index is 12.3. The molecule has 0 aliphatic heterocycles. The van der Waals surface area contributed by atoms with Crippen LogP contribution >= 0.6 is 0 Å². The minimum atomic E-state index is -0.485. The van der Waals surface area contributed by atoms with Crippen LogP contribution in [0.5, 0.6) is 0 Å². The van der Waals surface area contributed by atoms with Crippen LogP contribution in [0, 0.1) is 23.0 Å². The molecule has 0 aliphatic rings. The Morgan fingerprint density at radius 2 is 1.82 bits per heavy atom. The molecule has 3 N–H and O–H groups in total. The number of non-ortho nitro benzene ring substituents is 1. The summed E-state index contributed by atoms with van der Waals surface area (Å²) in [5.74, 6) is -0.197. The molecular weight excluding hydrogens is 360 g/mol. The molecule has 0 fully saturated rings. The first kappa shape index (κ1) is 20.9. The van der Waals surface area contributed by atoms with Gasteiger partial charge < -0.3 is 16.0 Å². The zero-order valence-electron chi connectivity index (χ0n) is 16.1. The molecule has 0 unspecified atom stereocenters. The van der Waals surface area contributed by atoms with Gasteiger partial charge in [0.2, 0.25) is 5.91 Å². The number of nitro benzene ring substituents is 1. The number of hydrogen-bond acceptors (Lipinski definition) is 5. The third-order valence-electron chi connectivity index (χ3n) is 3.98. The first-order valence-electron chi connectivity index (χ1n) is 8.94. The molecular formula is C20H24N4O4. The summed E-state index contributed by atoms with van der Waals surface area (Å²) in [6, 6.07) is 11.2. The van der Waals surface area contributed by atoms with Gasteiger partial charge in [-0.25, -0.2) is 0 Å². The standard InChI is InChI=1S/C20H24N4O4/c1-13(2)11-22-20(26)16-6-4-5-7-18(16)21-12-19(25)23-17-9-8-15(24(27)28)10-14(17)3/h4-10,13,21H,11-12H2,1-3H3,(H,22,26)(H,23,25). The maximum Gasteiger partial charge on any atom is 0.269 e. The predicted octanol–water partition coefficient (Wildman–Crippen LogP) is 3.34. The first-order chi connectivity index (χ1) is 13.3. The van der Waals surface area contributed by atoms with E-state index in [9.17, 15) is 19.7 Å². The van der Waals surface area contributed by atoms with E-state index in [1.165, 1.54) is 18.2 Å². The average Bonchev–Trinajstić information content (AvgIpc) is 2.66. The summed E-state index contributed by atoms with van der Waals surface area (Å²) < 4.78 is 0. The van der Waals surface area contributed by atoms with Crippen molar-refractivity contribution in [3.63, 3.8) is 0 Å². The minimum absolute atomic E-state index is 0.0324. The molecule has 0 heterocycles. The van der Waals surface area contributed by atoms with Gasteiger partial charge in [-0.15, -0.1) is 0 Å². The van der Waals surface area contributed by atoms with E-state index in [4.69, 9.17) is 0 Å². The molecule has 0 radical (unpaired) electrons. The number of carbonyl (C=O) groups is 2. The van der Waals surface area contributed by atoms with E-state index < -0.39 is 4.92 Å². The highest BCUT2D eigenvalue weighted by molar-refractivity contribution is 6.01. The number of anilines is 2. The van der Waals surface area contributed by atoms with Gasteiger partial charge in [-0.1, -0.05) is 26.0 Å². The van der Waals surface area contributed by atoms with E-state index in [-0.39, 0.29) is 24.0 Å². The molecule has 0 aliphatic carbocycles. The Balaban J connectivity index is 2.00. The second-order valence-corrected chi connectivity index (χ2v) is 6.81. The van der Waals surface area contributed by atoms with Gasteiger partial charge in [-0.3, -0.25) is 19.7 Å². The lowest BCUT2D eigenvalue weighted by Crippen LogP contribution is -2.29.